The summed E-state index contributed by atoms with van der Waals surface area (Å²) in [5.41, 5.74) is 2.67. The van der Waals surface area contributed by atoms with Crippen LogP contribution in [0.2, 0.25) is 0 Å². The van der Waals surface area contributed by atoms with Gasteiger partial charge >= 0.3 is 0 Å². The maximum absolute atomic E-state index is 12.8. The molecule has 5 heteroatoms. The molecule has 4 aliphatic rings. The molecule has 28 heavy (non-hydrogen) atoms. The van der Waals surface area contributed by atoms with Crippen LogP contribution in [0.15, 0.2) is 5.16 Å². The number of thioether (sulfide) groups is 1. The molecule has 0 saturated heterocycles. The summed E-state index contributed by atoms with van der Waals surface area (Å²) in [5, 5.41) is 4.38. The highest BCUT2D eigenvalue weighted by Gasteiger charge is 2.53. The van der Waals surface area contributed by atoms with Crippen molar-refractivity contribution in [2.75, 3.05) is 5.75 Å². The summed E-state index contributed by atoms with van der Waals surface area (Å²) >= 11 is 1.59. The third-order valence-electron chi connectivity index (χ3n) is 7.68. The van der Waals surface area contributed by atoms with Gasteiger partial charge in [0.15, 0.2) is 5.16 Å². The highest BCUT2D eigenvalue weighted by Crippen LogP contribution is 2.61. The molecule has 0 aromatic carbocycles. The Morgan fingerprint density at radius 3 is 2.25 bits per heavy atom. The molecule has 0 unspecified atom stereocenters. The summed E-state index contributed by atoms with van der Waals surface area (Å²) in [6, 6.07) is 0.299. The van der Waals surface area contributed by atoms with Crippen LogP contribution < -0.4 is 5.32 Å². The highest BCUT2D eigenvalue weighted by atomic mass is 32.2. The lowest BCUT2D eigenvalue weighted by Gasteiger charge is -2.59. The van der Waals surface area contributed by atoms with Gasteiger partial charge in [-0.05, 0) is 88.4 Å². The van der Waals surface area contributed by atoms with Gasteiger partial charge in [-0.3, -0.25) is 4.79 Å². The smallest absolute Gasteiger partial charge is 0.230 e. The molecule has 0 aliphatic heterocycles. The summed E-state index contributed by atoms with van der Waals surface area (Å²) in [6.45, 7) is 11.9. The molecule has 1 aromatic rings. The Labute approximate surface area is 174 Å². The standard InChI is InChI=1S/C23H37N3OS/c1-14(2)12-26-16(4)15(3)24-22(26)28-13-21(27)25-17(5)23-9-18-6-19(10-23)8-20(7-18)11-23/h14,17-20H,6-13H2,1-5H3,(H,25,27)/t17-,18?,19?,20?,23?/m1/s1. The second kappa shape index (κ2) is 7.70. The van der Waals surface area contributed by atoms with Gasteiger partial charge in [0.25, 0.3) is 0 Å². The first-order valence-corrected chi connectivity index (χ1v) is 12.2. The average molecular weight is 404 g/mol. The van der Waals surface area contributed by atoms with Crippen LogP contribution in [0.1, 0.15) is 70.7 Å². The normalized spacial score (nSPS) is 32.1. The summed E-state index contributed by atoms with van der Waals surface area (Å²) in [6.07, 6.45) is 8.37. The Morgan fingerprint density at radius 1 is 1.14 bits per heavy atom. The molecule has 4 fully saturated rings. The Hall–Kier alpha value is -0.970. The number of carbonyl (C=O) groups is 1. The topological polar surface area (TPSA) is 46.9 Å². The van der Waals surface area contributed by atoms with Crippen LogP contribution >= 0.6 is 11.8 Å². The van der Waals surface area contributed by atoms with E-state index in [4.69, 9.17) is 4.98 Å². The lowest BCUT2D eigenvalue weighted by Crippen LogP contribution is -2.56. The van der Waals surface area contributed by atoms with E-state index in [9.17, 15) is 4.79 Å². The number of nitrogens with zero attached hydrogens (tertiary/aromatic N) is 2. The zero-order valence-corrected chi connectivity index (χ0v) is 19.1. The second-order valence-electron chi connectivity index (χ2n) is 10.4. The lowest BCUT2D eigenvalue weighted by molar-refractivity contribution is -0.123. The first kappa shape index (κ1) is 20.3. The summed E-state index contributed by atoms with van der Waals surface area (Å²) in [4.78, 5) is 17.5. The van der Waals surface area contributed by atoms with Crippen molar-refractivity contribution in [2.45, 2.75) is 90.9 Å². The van der Waals surface area contributed by atoms with E-state index >= 15 is 0 Å². The molecule has 4 saturated carbocycles. The van der Waals surface area contributed by atoms with Crippen molar-refractivity contribution in [3.8, 4) is 0 Å². The molecule has 4 aliphatic carbocycles. The minimum absolute atomic E-state index is 0.169. The SMILES string of the molecule is Cc1nc(SCC(=O)N[C@H](C)C23CC4CC(CC(C4)C2)C3)n(CC(C)C)c1C. The fourth-order valence-corrected chi connectivity index (χ4v) is 7.50. The minimum atomic E-state index is 0.169. The van der Waals surface area contributed by atoms with E-state index in [1.807, 2.05) is 0 Å². The zero-order valence-electron chi connectivity index (χ0n) is 18.3. The molecule has 1 N–H and O–H groups in total. The Balaban J connectivity index is 1.36. The molecule has 4 bridgehead atoms. The number of aromatic nitrogens is 2. The first-order chi connectivity index (χ1) is 13.3. The molecular formula is C23H37N3OS. The van der Waals surface area contributed by atoms with E-state index in [0.29, 0.717) is 23.1 Å². The largest absolute Gasteiger partial charge is 0.352 e. The van der Waals surface area contributed by atoms with Gasteiger partial charge < -0.3 is 9.88 Å². The molecule has 156 valence electrons. The molecule has 4 nitrogen and oxygen atoms in total. The predicted molar refractivity (Wildman–Crippen MR) is 115 cm³/mol. The number of nitrogens with one attached hydrogen (secondary N) is 1. The van der Waals surface area contributed by atoms with Gasteiger partial charge in [0.2, 0.25) is 5.91 Å². The Kier molecular flexibility index (Phi) is 5.58. The van der Waals surface area contributed by atoms with Crippen molar-refractivity contribution in [3.63, 3.8) is 0 Å². The van der Waals surface area contributed by atoms with Gasteiger partial charge in [-0.2, -0.15) is 0 Å². The third-order valence-corrected chi connectivity index (χ3v) is 8.66. The number of carbonyl (C=O) groups excluding carboxylic acids is 1. The number of hydrogen-bond acceptors (Lipinski definition) is 3. The van der Waals surface area contributed by atoms with Crippen molar-refractivity contribution >= 4 is 17.7 Å². The minimum Gasteiger partial charge on any atom is -0.352 e. The van der Waals surface area contributed by atoms with Crippen LogP contribution in [0, 0.1) is 42.9 Å². The quantitative estimate of drug-likeness (QED) is 0.654. The van der Waals surface area contributed by atoms with E-state index in [0.717, 1.165) is 35.1 Å². The van der Waals surface area contributed by atoms with E-state index in [-0.39, 0.29) is 5.91 Å². The fourth-order valence-electron chi connectivity index (χ4n) is 6.59. The molecule has 5 rings (SSSR count). The third kappa shape index (κ3) is 3.88. The van der Waals surface area contributed by atoms with Crippen molar-refractivity contribution in [1.82, 2.24) is 14.9 Å². The number of hydrogen-bond donors (Lipinski definition) is 1. The van der Waals surface area contributed by atoms with Gasteiger partial charge in [-0.15, -0.1) is 0 Å². The zero-order chi connectivity index (χ0) is 20.1. The van der Waals surface area contributed by atoms with Crippen molar-refractivity contribution < 1.29 is 4.79 Å². The number of aryl methyl sites for hydroxylation is 1. The monoisotopic (exact) mass is 403 g/mol. The molecule has 0 radical (unpaired) electrons. The van der Waals surface area contributed by atoms with Crippen LogP contribution in [0.5, 0.6) is 0 Å². The average Bonchev–Trinajstić information content (AvgIpc) is 2.86. The Morgan fingerprint density at radius 2 is 1.71 bits per heavy atom. The second-order valence-corrected chi connectivity index (χ2v) is 11.4. The van der Waals surface area contributed by atoms with Crippen LogP contribution in [0.25, 0.3) is 0 Å². The number of amides is 1. The van der Waals surface area contributed by atoms with Crippen LogP contribution in [-0.4, -0.2) is 27.3 Å². The number of imidazole rings is 1. The van der Waals surface area contributed by atoms with Gasteiger partial charge in [0.05, 0.1) is 11.4 Å². The van der Waals surface area contributed by atoms with Gasteiger partial charge in [-0.1, -0.05) is 25.6 Å². The van der Waals surface area contributed by atoms with E-state index in [1.54, 1.807) is 11.8 Å². The fraction of sp³-hybridized carbons (Fsp3) is 0.826. The molecule has 0 spiro atoms. The summed E-state index contributed by atoms with van der Waals surface area (Å²) in [7, 11) is 0. The van der Waals surface area contributed by atoms with Crippen LogP contribution in [-0.2, 0) is 11.3 Å². The van der Waals surface area contributed by atoms with Crippen LogP contribution in [0.4, 0.5) is 0 Å². The summed E-state index contributed by atoms with van der Waals surface area (Å²) in [5.74, 6) is 3.97. The summed E-state index contributed by atoms with van der Waals surface area (Å²) < 4.78 is 2.28. The number of rotatable bonds is 7. The van der Waals surface area contributed by atoms with Gasteiger partial charge in [0.1, 0.15) is 0 Å². The van der Waals surface area contributed by atoms with Crippen molar-refractivity contribution in [2.24, 2.45) is 29.1 Å². The Bertz CT molecular complexity index is 703. The highest BCUT2D eigenvalue weighted by molar-refractivity contribution is 7.99. The van der Waals surface area contributed by atoms with Crippen LogP contribution in [0.3, 0.4) is 0 Å². The molecule has 1 amide bonds. The predicted octanol–water partition coefficient (Wildman–Crippen LogP) is 4.97. The molecule has 1 atom stereocenters. The maximum Gasteiger partial charge on any atom is 0.230 e. The lowest BCUT2D eigenvalue weighted by atomic mass is 9.48. The van der Waals surface area contributed by atoms with E-state index in [1.165, 1.54) is 44.2 Å². The van der Waals surface area contributed by atoms with Gasteiger partial charge in [-0.25, -0.2) is 4.98 Å². The van der Waals surface area contributed by atoms with Crippen molar-refractivity contribution in [1.29, 1.82) is 0 Å². The van der Waals surface area contributed by atoms with E-state index in [2.05, 4.69) is 44.5 Å². The molecule has 1 heterocycles. The maximum atomic E-state index is 12.8. The molecule has 1 aromatic heterocycles. The van der Waals surface area contributed by atoms with E-state index < -0.39 is 0 Å². The van der Waals surface area contributed by atoms with Crippen molar-refractivity contribution in [3.05, 3.63) is 11.4 Å². The first-order valence-electron chi connectivity index (χ1n) is 11.2. The molecular weight excluding hydrogens is 366 g/mol. The van der Waals surface area contributed by atoms with Gasteiger partial charge in [0, 0.05) is 18.3 Å².